The zero-order valence-electron chi connectivity index (χ0n) is 11.7. The Bertz CT molecular complexity index is 621. The number of hydrogen-bond acceptors (Lipinski definition) is 4. The Balaban J connectivity index is 2.83. The molecular formula is C14H17ClN2O2. The van der Waals surface area contributed by atoms with Crippen molar-refractivity contribution < 1.29 is 9.47 Å². The molecule has 2 aromatic rings. The summed E-state index contributed by atoms with van der Waals surface area (Å²) in [5.74, 6) is 1.29. The van der Waals surface area contributed by atoms with E-state index in [0.717, 1.165) is 16.6 Å². The van der Waals surface area contributed by atoms with E-state index in [1.54, 1.807) is 14.2 Å². The van der Waals surface area contributed by atoms with E-state index in [2.05, 4.69) is 30.7 Å². The molecule has 1 aromatic heterocycles. The molecule has 0 saturated carbocycles. The van der Waals surface area contributed by atoms with E-state index >= 15 is 0 Å². The molecule has 102 valence electrons. The molecule has 0 atom stereocenters. The van der Waals surface area contributed by atoms with Crippen molar-refractivity contribution >= 4 is 22.5 Å². The SMILES string of the molecule is COc1cc2nc(Cl)nc(C(C)(C)C)c2cc1OC. The molecule has 19 heavy (non-hydrogen) atoms. The summed E-state index contributed by atoms with van der Waals surface area (Å²) < 4.78 is 10.6. The quantitative estimate of drug-likeness (QED) is 0.789. The molecule has 0 radical (unpaired) electrons. The summed E-state index contributed by atoms with van der Waals surface area (Å²) in [6.45, 7) is 6.26. The van der Waals surface area contributed by atoms with E-state index in [9.17, 15) is 0 Å². The number of halogens is 1. The number of aromatic nitrogens is 2. The second-order valence-corrected chi connectivity index (χ2v) is 5.65. The number of fused-ring (bicyclic) bond motifs is 1. The van der Waals surface area contributed by atoms with Crippen LogP contribution in [0.4, 0.5) is 0 Å². The topological polar surface area (TPSA) is 44.2 Å². The van der Waals surface area contributed by atoms with Crippen LogP contribution in [0, 0.1) is 0 Å². The van der Waals surface area contributed by atoms with Crippen LogP contribution in [0.5, 0.6) is 11.5 Å². The lowest BCUT2D eigenvalue weighted by Crippen LogP contribution is -2.15. The van der Waals surface area contributed by atoms with Gasteiger partial charge in [0, 0.05) is 16.9 Å². The molecule has 1 heterocycles. The van der Waals surface area contributed by atoms with Gasteiger partial charge >= 0.3 is 0 Å². The van der Waals surface area contributed by atoms with Gasteiger partial charge in [0.05, 0.1) is 25.4 Å². The van der Waals surface area contributed by atoms with E-state index < -0.39 is 0 Å². The number of methoxy groups -OCH3 is 2. The molecule has 0 aliphatic heterocycles. The molecule has 0 amide bonds. The summed E-state index contributed by atoms with van der Waals surface area (Å²) in [4.78, 5) is 8.61. The standard InChI is InChI=1S/C14H17ClN2O2/c1-14(2,3)12-8-6-10(18-4)11(19-5)7-9(8)16-13(15)17-12/h6-7H,1-5H3. The third-order valence-electron chi connectivity index (χ3n) is 2.88. The zero-order chi connectivity index (χ0) is 14.2. The predicted octanol–water partition coefficient (Wildman–Crippen LogP) is 3.60. The normalized spacial score (nSPS) is 11.7. The minimum Gasteiger partial charge on any atom is -0.493 e. The predicted molar refractivity (Wildman–Crippen MR) is 76.4 cm³/mol. The van der Waals surface area contributed by atoms with Gasteiger partial charge in [0.1, 0.15) is 0 Å². The summed E-state index contributed by atoms with van der Waals surface area (Å²) in [5.41, 5.74) is 1.51. The fraction of sp³-hybridized carbons (Fsp3) is 0.429. The Kier molecular flexibility index (Phi) is 3.54. The first-order valence-electron chi connectivity index (χ1n) is 5.96. The minimum atomic E-state index is -0.134. The Morgan fingerprint density at radius 1 is 1.00 bits per heavy atom. The molecular weight excluding hydrogens is 264 g/mol. The summed E-state index contributed by atoms with van der Waals surface area (Å²) in [6.07, 6.45) is 0. The zero-order valence-corrected chi connectivity index (χ0v) is 12.5. The number of hydrogen-bond donors (Lipinski definition) is 0. The van der Waals surface area contributed by atoms with E-state index in [0.29, 0.717) is 11.5 Å². The van der Waals surface area contributed by atoms with Crippen LogP contribution >= 0.6 is 11.6 Å². The van der Waals surface area contributed by atoms with Crippen LogP contribution in [0.25, 0.3) is 10.9 Å². The minimum absolute atomic E-state index is 0.134. The summed E-state index contributed by atoms with van der Waals surface area (Å²) >= 11 is 6.00. The van der Waals surface area contributed by atoms with Crippen LogP contribution < -0.4 is 9.47 Å². The van der Waals surface area contributed by atoms with E-state index in [4.69, 9.17) is 21.1 Å². The Morgan fingerprint density at radius 3 is 2.11 bits per heavy atom. The second-order valence-electron chi connectivity index (χ2n) is 5.32. The molecule has 4 nitrogen and oxygen atoms in total. The van der Waals surface area contributed by atoms with Gasteiger partial charge in [-0.3, -0.25) is 0 Å². The van der Waals surface area contributed by atoms with E-state index in [1.807, 2.05) is 12.1 Å². The van der Waals surface area contributed by atoms with Crippen molar-refractivity contribution in [2.75, 3.05) is 14.2 Å². The maximum Gasteiger partial charge on any atom is 0.223 e. The maximum atomic E-state index is 6.00. The Hall–Kier alpha value is -1.55. The highest BCUT2D eigenvalue weighted by atomic mass is 35.5. The van der Waals surface area contributed by atoms with Gasteiger partial charge in [-0.25, -0.2) is 9.97 Å². The highest BCUT2D eigenvalue weighted by Crippen LogP contribution is 2.36. The molecule has 0 unspecified atom stereocenters. The van der Waals surface area contributed by atoms with Gasteiger partial charge in [0.25, 0.3) is 0 Å². The molecule has 5 heteroatoms. The van der Waals surface area contributed by atoms with Crippen LogP contribution in [0.1, 0.15) is 26.5 Å². The van der Waals surface area contributed by atoms with Gasteiger partial charge in [-0.05, 0) is 17.7 Å². The number of nitrogens with zero attached hydrogens (tertiary/aromatic N) is 2. The van der Waals surface area contributed by atoms with Gasteiger partial charge in [-0.2, -0.15) is 0 Å². The first-order valence-corrected chi connectivity index (χ1v) is 6.34. The van der Waals surface area contributed by atoms with Crippen molar-refractivity contribution in [2.24, 2.45) is 0 Å². The van der Waals surface area contributed by atoms with Crippen LogP contribution in [-0.4, -0.2) is 24.2 Å². The van der Waals surface area contributed by atoms with Gasteiger partial charge in [-0.15, -0.1) is 0 Å². The van der Waals surface area contributed by atoms with Gasteiger partial charge in [0.2, 0.25) is 5.28 Å². The molecule has 0 bridgehead atoms. The van der Waals surface area contributed by atoms with Crippen molar-refractivity contribution in [3.8, 4) is 11.5 Å². The monoisotopic (exact) mass is 280 g/mol. The average Bonchev–Trinajstić information content (AvgIpc) is 2.34. The highest BCUT2D eigenvalue weighted by Gasteiger charge is 2.22. The third-order valence-corrected chi connectivity index (χ3v) is 3.05. The molecule has 0 aliphatic rings. The number of rotatable bonds is 2. The second kappa shape index (κ2) is 4.85. The summed E-state index contributed by atoms with van der Waals surface area (Å²) in [6, 6.07) is 3.71. The van der Waals surface area contributed by atoms with Crippen molar-refractivity contribution in [3.05, 3.63) is 23.1 Å². The molecule has 1 aromatic carbocycles. The van der Waals surface area contributed by atoms with E-state index in [-0.39, 0.29) is 10.7 Å². The van der Waals surface area contributed by atoms with Crippen LogP contribution in [-0.2, 0) is 5.41 Å². The molecule has 0 spiro atoms. The van der Waals surface area contributed by atoms with E-state index in [1.165, 1.54) is 0 Å². The van der Waals surface area contributed by atoms with Crippen molar-refractivity contribution in [1.82, 2.24) is 9.97 Å². The number of ether oxygens (including phenoxy) is 2. The van der Waals surface area contributed by atoms with Crippen molar-refractivity contribution in [2.45, 2.75) is 26.2 Å². The number of benzene rings is 1. The van der Waals surface area contributed by atoms with Crippen molar-refractivity contribution in [1.29, 1.82) is 0 Å². The summed E-state index contributed by atoms with van der Waals surface area (Å²) in [7, 11) is 3.20. The maximum absolute atomic E-state index is 6.00. The lowest BCUT2D eigenvalue weighted by atomic mass is 9.89. The van der Waals surface area contributed by atoms with Crippen LogP contribution in [0.2, 0.25) is 5.28 Å². The summed E-state index contributed by atoms with van der Waals surface area (Å²) in [5, 5.41) is 1.17. The molecule has 0 saturated heterocycles. The molecule has 0 fully saturated rings. The van der Waals surface area contributed by atoms with Crippen molar-refractivity contribution in [3.63, 3.8) is 0 Å². The Morgan fingerprint density at radius 2 is 1.58 bits per heavy atom. The van der Waals surface area contributed by atoms with Crippen LogP contribution in [0.3, 0.4) is 0 Å². The van der Waals surface area contributed by atoms with Crippen LogP contribution in [0.15, 0.2) is 12.1 Å². The molecule has 0 N–H and O–H groups in total. The molecule has 0 aliphatic carbocycles. The van der Waals surface area contributed by atoms with Gasteiger partial charge in [-0.1, -0.05) is 20.8 Å². The Labute approximate surface area is 117 Å². The lowest BCUT2D eigenvalue weighted by molar-refractivity contribution is 0.355. The average molecular weight is 281 g/mol. The fourth-order valence-electron chi connectivity index (χ4n) is 2.00. The lowest BCUT2D eigenvalue weighted by Gasteiger charge is -2.20. The first-order chi connectivity index (χ1) is 8.86. The van der Waals surface area contributed by atoms with Gasteiger partial charge in [0.15, 0.2) is 11.5 Å². The largest absolute Gasteiger partial charge is 0.493 e. The smallest absolute Gasteiger partial charge is 0.223 e. The first kappa shape index (κ1) is 13.9. The fourth-order valence-corrected chi connectivity index (χ4v) is 2.17. The third kappa shape index (κ3) is 2.59. The van der Waals surface area contributed by atoms with Gasteiger partial charge < -0.3 is 9.47 Å². The molecule has 2 rings (SSSR count). The highest BCUT2D eigenvalue weighted by molar-refractivity contribution is 6.28.